The van der Waals surface area contributed by atoms with Crippen LogP contribution in [0.4, 0.5) is 0 Å². The molecule has 6 nitrogen and oxygen atoms in total. The summed E-state index contributed by atoms with van der Waals surface area (Å²) in [5.41, 5.74) is 1.17. The number of carboxylic acids is 3. The summed E-state index contributed by atoms with van der Waals surface area (Å²) in [6.07, 6.45) is 4.35. The standard InChI is InChI=1S/C8H8.C4H4O4.C4H6O2.C2H4/c1-2-8-6-4-3-5-7-8;5-3(6)1-2-4(7)8;1-2-3-4(5)6;1-2/h2-7H,1H2;1-2H,(H,5,6)(H,7,8);2H,1,3H2,(H,5,6);1-2H2/b;2-1-;;. The molecular formula is C18H22O6. The maximum atomic E-state index is 9.55. The topological polar surface area (TPSA) is 112 Å². The molecule has 3 N–H and O–H groups in total. The number of benzene rings is 1. The van der Waals surface area contributed by atoms with E-state index in [1.807, 2.05) is 36.4 Å². The summed E-state index contributed by atoms with van der Waals surface area (Å²) in [6.45, 7) is 12.9. The smallest absolute Gasteiger partial charge is 0.328 e. The van der Waals surface area contributed by atoms with Crippen molar-refractivity contribution in [1.82, 2.24) is 0 Å². The van der Waals surface area contributed by atoms with Crippen LogP contribution in [0.15, 0.2) is 74.9 Å². The van der Waals surface area contributed by atoms with E-state index in [1.54, 1.807) is 0 Å². The summed E-state index contributed by atoms with van der Waals surface area (Å²) >= 11 is 0. The average Bonchev–Trinajstić information content (AvgIpc) is 2.56. The Morgan fingerprint density at radius 1 is 0.875 bits per heavy atom. The predicted molar refractivity (Wildman–Crippen MR) is 94.6 cm³/mol. The molecule has 0 saturated carbocycles. The fourth-order valence-electron chi connectivity index (χ4n) is 0.855. The van der Waals surface area contributed by atoms with Crippen LogP contribution in [0.25, 0.3) is 6.08 Å². The van der Waals surface area contributed by atoms with E-state index in [9.17, 15) is 14.4 Å². The molecule has 0 aliphatic heterocycles. The maximum Gasteiger partial charge on any atom is 0.328 e. The molecule has 0 aliphatic carbocycles. The lowest BCUT2D eigenvalue weighted by Crippen LogP contribution is -1.91. The van der Waals surface area contributed by atoms with Gasteiger partial charge in [0.1, 0.15) is 0 Å². The quantitative estimate of drug-likeness (QED) is 0.561. The van der Waals surface area contributed by atoms with Crippen LogP contribution in [-0.4, -0.2) is 33.2 Å². The first-order valence-corrected chi connectivity index (χ1v) is 6.47. The number of carboxylic acid groups (broad SMARTS) is 3. The summed E-state index contributed by atoms with van der Waals surface area (Å²) in [5.74, 6) is -3.34. The highest BCUT2D eigenvalue weighted by Crippen LogP contribution is 1.97. The van der Waals surface area contributed by atoms with Crippen LogP contribution in [0.2, 0.25) is 0 Å². The molecule has 0 heterocycles. The second-order valence-corrected chi connectivity index (χ2v) is 3.51. The van der Waals surface area contributed by atoms with Crippen LogP contribution in [-0.2, 0) is 14.4 Å². The van der Waals surface area contributed by atoms with Crippen LogP contribution >= 0.6 is 0 Å². The molecule has 130 valence electrons. The van der Waals surface area contributed by atoms with Gasteiger partial charge in [-0.1, -0.05) is 49.1 Å². The summed E-state index contributed by atoms with van der Waals surface area (Å²) in [6, 6.07) is 10.0. The second kappa shape index (κ2) is 19.6. The molecule has 24 heavy (non-hydrogen) atoms. The third-order valence-corrected chi connectivity index (χ3v) is 1.72. The first-order chi connectivity index (χ1) is 11.3. The third kappa shape index (κ3) is 27.0. The number of hydrogen-bond donors (Lipinski definition) is 3. The summed E-state index contributed by atoms with van der Waals surface area (Å²) in [7, 11) is 0. The molecule has 0 saturated heterocycles. The zero-order chi connectivity index (χ0) is 19.4. The van der Waals surface area contributed by atoms with Gasteiger partial charge in [0.2, 0.25) is 0 Å². The fraction of sp³-hybridized carbons (Fsp3) is 0.0556. The highest BCUT2D eigenvalue weighted by atomic mass is 16.4. The number of aliphatic carboxylic acids is 3. The molecule has 0 aliphatic rings. The second-order valence-electron chi connectivity index (χ2n) is 3.51. The Kier molecular flexibility index (Phi) is 20.8. The van der Waals surface area contributed by atoms with Crippen molar-refractivity contribution in [3.8, 4) is 0 Å². The summed E-state index contributed by atoms with van der Waals surface area (Å²) in [4.78, 5) is 28.6. The zero-order valence-electron chi connectivity index (χ0n) is 13.3. The molecule has 0 amide bonds. The monoisotopic (exact) mass is 334 g/mol. The lowest BCUT2D eigenvalue weighted by atomic mass is 10.2. The van der Waals surface area contributed by atoms with E-state index in [0.717, 1.165) is 0 Å². The number of carbonyl (C=O) groups is 3. The van der Waals surface area contributed by atoms with Crippen LogP contribution in [0.5, 0.6) is 0 Å². The Hall–Kier alpha value is -3.41. The third-order valence-electron chi connectivity index (χ3n) is 1.72. The molecular weight excluding hydrogens is 312 g/mol. The van der Waals surface area contributed by atoms with Gasteiger partial charge in [0.25, 0.3) is 0 Å². The Balaban J connectivity index is -0.000000265. The Morgan fingerprint density at radius 2 is 1.29 bits per heavy atom. The first kappa shape index (κ1) is 25.5. The molecule has 1 aromatic rings. The molecule has 0 unspecified atom stereocenters. The van der Waals surface area contributed by atoms with E-state index in [0.29, 0.717) is 12.2 Å². The van der Waals surface area contributed by atoms with Gasteiger partial charge in [0.15, 0.2) is 0 Å². The van der Waals surface area contributed by atoms with Gasteiger partial charge in [-0.25, -0.2) is 9.59 Å². The molecule has 1 aromatic carbocycles. The lowest BCUT2D eigenvalue weighted by Gasteiger charge is -1.85. The van der Waals surface area contributed by atoms with Crippen molar-refractivity contribution in [1.29, 1.82) is 0 Å². The van der Waals surface area contributed by atoms with Crippen molar-refractivity contribution in [3.05, 3.63) is 80.4 Å². The molecule has 0 spiro atoms. The normalized spacial score (nSPS) is 8.00. The highest BCUT2D eigenvalue weighted by Gasteiger charge is 1.88. The van der Waals surface area contributed by atoms with Gasteiger partial charge in [-0.15, -0.1) is 19.7 Å². The number of hydrogen-bond acceptors (Lipinski definition) is 3. The van der Waals surface area contributed by atoms with Crippen molar-refractivity contribution in [2.24, 2.45) is 0 Å². The molecule has 0 fully saturated rings. The van der Waals surface area contributed by atoms with E-state index in [2.05, 4.69) is 26.3 Å². The minimum Gasteiger partial charge on any atom is -0.481 e. The van der Waals surface area contributed by atoms with Gasteiger partial charge < -0.3 is 15.3 Å². The molecule has 0 bridgehead atoms. The van der Waals surface area contributed by atoms with E-state index in [4.69, 9.17) is 15.3 Å². The minimum atomic E-state index is -1.26. The van der Waals surface area contributed by atoms with Gasteiger partial charge >= 0.3 is 17.9 Å². The van der Waals surface area contributed by atoms with Crippen LogP contribution in [0, 0.1) is 0 Å². The molecule has 0 aromatic heterocycles. The molecule has 1 rings (SSSR count). The van der Waals surface area contributed by atoms with Gasteiger partial charge in [0.05, 0.1) is 6.42 Å². The van der Waals surface area contributed by atoms with Crippen LogP contribution in [0.3, 0.4) is 0 Å². The fourth-order valence-corrected chi connectivity index (χ4v) is 0.855. The summed E-state index contributed by atoms with van der Waals surface area (Å²) in [5, 5.41) is 23.5. The van der Waals surface area contributed by atoms with Gasteiger partial charge in [0, 0.05) is 12.2 Å². The summed E-state index contributed by atoms with van der Waals surface area (Å²) < 4.78 is 0. The number of rotatable bonds is 5. The minimum absolute atomic E-state index is 0.0556. The van der Waals surface area contributed by atoms with Gasteiger partial charge in [-0.2, -0.15) is 0 Å². The van der Waals surface area contributed by atoms with Crippen LogP contribution in [0.1, 0.15) is 12.0 Å². The maximum absolute atomic E-state index is 9.55. The van der Waals surface area contributed by atoms with Crippen molar-refractivity contribution < 1.29 is 29.7 Å². The lowest BCUT2D eigenvalue weighted by molar-refractivity contribution is -0.136. The van der Waals surface area contributed by atoms with E-state index in [-0.39, 0.29) is 6.42 Å². The van der Waals surface area contributed by atoms with Crippen LogP contribution < -0.4 is 0 Å². The zero-order valence-corrected chi connectivity index (χ0v) is 13.3. The Labute approximate surface area is 141 Å². The van der Waals surface area contributed by atoms with Crippen molar-refractivity contribution >= 4 is 24.0 Å². The Morgan fingerprint density at radius 3 is 1.46 bits per heavy atom. The van der Waals surface area contributed by atoms with E-state index in [1.165, 1.54) is 11.6 Å². The molecule has 0 radical (unpaired) electrons. The Bertz CT molecular complexity index is 516. The predicted octanol–water partition coefficient (Wildman–Crippen LogP) is 3.49. The van der Waals surface area contributed by atoms with Crippen molar-refractivity contribution in [2.45, 2.75) is 6.42 Å². The van der Waals surface area contributed by atoms with E-state index < -0.39 is 17.9 Å². The largest absolute Gasteiger partial charge is 0.481 e. The van der Waals surface area contributed by atoms with Crippen molar-refractivity contribution in [2.75, 3.05) is 0 Å². The van der Waals surface area contributed by atoms with Gasteiger partial charge in [-0.05, 0) is 5.56 Å². The molecule has 6 heteroatoms. The van der Waals surface area contributed by atoms with E-state index >= 15 is 0 Å². The first-order valence-electron chi connectivity index (χ1n) is 6.47. The van der Waals surface area contributed by atoms with Gasteiger partial charge in [-0.3, -0.25) is 4.79 Å². The highest BCUT2D eigenvalue weighted by molar-refractivity contribution is 5.89. The molecule has 0 atom stereocenters. The SMILES string of the molecule is C=C.C=CCC(=O)O.C=Cc1ccccc1.O=C(O)/C=C\C(=O)O. The average molecular weight is 334 g/mol. The van der Waals surface area contributed by atoms with Crippen molar-refractivity contribution in [3.63, 3.8) is 0 Å².